The molecule has 0 fully saturated rings. The van der Waals surface area contributed by atoms with Gasteiger partial charge in [-0.15, -0.1) is 0 Å². The van der Waals surface area contributed by atoms with Crippen molar-refractivity contribution in [3.8, 4) is 0 Å². The molecule has 19 heavy (non-hydrogen) atoms. The van der Waals surface area contributed by atoms with Crippen LogP contribution in [-0.4, -0.2) is 24.0 Å². The number of rotatable bonds is 9. The number of hydrogen-bond donors (Lipinski definition) is 3. The number of carbonyl (C=O) groups is 1. The zero-order chi connectivity index (χ0) is 13.9. The molecule has 0 aliphatic rings. The summed E-state index contributed by atoms with van der Waals surface area (Å²) in [6, 6.07) is 3.63. The number of carbonyl (C=O) groups excluding carboxylic acids is 1. The van der Waals surface area contributed by atoms with Crippen molar-refractivity contribution in [2.75, 3.05) is 24.1 Å². The number of amides is 1. The Morgan fingerprint density at radius 1 is 1.32 bits per heavy atom. The van der Waals surface area contributed by atoms with E-state index < -0.39 is 0 Å². The second kappa shape index (κ2) is 9.19. The third-order valence-corrected chi connectivity index (χ3v) is 2.81. The van der Waals surface area contributed by atoms with Gasteiger partial charge < -0.3 is 16.4 Å². The van der Waals surface area contributed by atoms with Crippen molar-refractivity contribution in [1.29, 1.82) is 0 Å². The van der Waals surface area contributed by atoms with Gasteiger partial charge in [0.05, 0.1) is 5.69 Å². The fourth-order valence-corrected chi connectivity index (χ4v) is 1.68. The lowest BCUT2D eigenvalue weighted by Crippen LogP contribution is -2.24. The van der Waals surface area contributed by atoms with Crippen LogP contribution >= 0.6 is 0 Å². The highest BCUT2D eigenvalue weighted by atomic mass is 16.1. The topological polar surface area (TPSA) is 80.0 Å². The van der Waals surface area contributed by atoms with Crippen LogP contribution in [0.4, 0.5) is 11.5 Å². The van der Waals surface area contributed by atoms with Crippen LogP contribution < -0.4 is 16.4 Å². The lowest BCUT2D eigenvalue weighted by atomic mass is 10.2. The first kappa shape index (κ1) is 15.3. The molecule has 0 saturated carbocycles. The van der Waals surface area contributed by atoms with E-state index in [-0.39, 0.29) is 5.91 Å². The van der Waals surface area contributed by atoms with E-state index in [1.165, 1.54) is 0 Å². The second-order valence-corrected chi connectivity index (χ2v) is 4.53. The molecule has 1 aromatic rings. The summed E-state index contributed by atoms with van der Waals surface area (Å²) >= 11 is 0. The molecule has 1 aromatic heterocycles. The van der Waals surface area contributed by atoms with Crippen molar-refractivity contribution < 1.29 is 4.79 Å². The molecule has 0 unspecified atom stereocenters. The fraction of sp³-hybridized carbons (Fsp3) is 0.571. The summed E-state index contributed by atoms with van der Waals surface area (Å²) in [6.07, 6.45) is 6.31. The van der Waals surface area contributed by atoms with Crippen molar-refractivity contribution >= 4 is 17.4 Å². The third-order valence-electron chi connectivity index (χ3n) is 2.81. The minimum absolute atomic E-state index is 0.156. The van der Waals surface area contributed by atoms with Gasteiger partial charge in [0.2, 0.25) is 5.91 Å². The first-order valence-electron chi connectivity index (χ1n) is 6.95. The largest absolute Gasteiger partial charge is 0.396 e. The van der Waals surface area contributed by atoms with Crippen LogP contribution in [0, 0.1) is 0 Å². The molecule has 0 bridgehead atoms. The summed E-state index contributed by atoms with van der Waals surface area (Å²) < 4.78 is 0. The lowest BCUT2D eigenvalue weighted by Gasteiger charge is -2.08. The maximum atomic E-state index is 11.3. The van der Waals surface area contributed by atoms with Crippen molar-refractivity contribution in [2.45, 2.75) is 39.0 Å². The molecule has 5 heteroatoms. The molecule has 1 rings (SSSR count). The standard InChI is InChI=1S/C14H24N4O/c1-2-3-8-13(19)16-9-4-5-10-17-14-12(15)7-6-11-18-14/h6-7,11H,2-5,8-10,15H2,1H3,(H,16,19)(H,17,18). The molecule has 106 valence electrons. The van der Waals surface area contributed by atoms with Crippen LogP contribution in [0.3, 0.4) is 0 Å². The Balaban J connectivity index is 2.03. The van der Waals surface area contributed by atoms with Crippen LogP contribution in [-0.2, 0) is 4.79 Å². The average Bonchev–Trinajstić information content (AvgIpc) is 2.42. The van der Waals surface area contributed by atoms with E-state index in [1.807, 2.05) is 12.1 Å². The smallest absolute Gasteiger partial charge is 0.219 e. The number of aromatic nitrogens is 1. The Kier molecular flexibility index (Phi) is 7.39. The molecule has 1 heterocycles. The van der Waals surface area contributed by atoms with Crippen molar-refractivity contribution in [3.05, 3.63) is 18.3 Å². The quantitative estimate of drug-likeness (QED) is 0.597. The van der Waals surface area contributed by atoms with Gasteiger partial charge >= 0.3 is 0 Å². The Morgan fingerprint density at radius 2 is 2.11 bits per heavy atom. The van der Waals surface area contributed by atoms with Crippen LogP contribution in [0.15, 0.2) is 18.3 Å². The van der Waals surface area contributed by atoms with E-state index in [0.29, 0.717) is 12.1 Å². The average molecular weight is 264 g/mol. The minimum Gasteiger partial charge on any atom is -0.396 e. The Labute approximate surface area is 115 Å². The predicted octanol–water partition coefficient (Wildman–Crippen LogP) is 2.16. The van der Waals surface area contributed by atoms with Crippen LogP contribution in [0.2, 0.25) is 0 Å². The SMILES string of the molecule is CCCCC(=O)NCCCCNc1ncccc1N. The number of unbranched alkanes of at least 4 members (excludes halogenated alkanes) is 2. The molecular weight excluding hydrogens is 240 g/mol. The predicted molar refractivity (Wildman–Crippen MR) is 78.9 cm³/mol. The van der Waals surface area contributed by atoms with Gasteiger partial charge in [-0.05, 0) is 31.4 Å². The van der Waals surface area contributed by atoms with Gasteiger partial charge in [-0.25, -0.2) is 4.98 Å². The Bertz CT molecular complexity index is 381. The van der Waals surface area contributed by atoms with E-state index in [2.05, 4.69) is 22.5 Å². The molecule has 1 amide bonds. The highest BCUT2D eigenvalue weighted by Gasteiger charge is 2.00. The summed E-state index contributed by atoms with van der Waals surface area (Å²) in [6.45, 7) is 3.64. The molecule has 0 radical (unpaired) electrons. The number of nitrogens with zero attached hydrogens (tertiary/aromatic N) is 1. The number of hydrogen-bond acceptors (Lipinski definition) is 4. The van der Waals surface area contributed by atoms with Gasteiger partial charge in [-0.3, -0.25) is 4.79 Å². The number of nitrogens with two attached hydrogens (primary N) is 1. The van der Waals surface area contributed by atoms with Crippen LogP contribution in [0.1, 0.15) is 39.0 Å². The van der Waals surface area contributed by atoms with E-state index >= 15 is 0 Å². The van der Waals surface area contributed by atoms with Gasteiger partial charge in [0.15, 0.2) is 0 Å². The molecule has 0 spiro atoms. The highest BCUT2D eigenvalue weighted by Crippen LogP contribution is 2.12. The van der Waals surface area contributed by atoms with Crippen molar-refractivity contribution in [1.82, 2.24) is 10.3 Å². The molecule has 0 aromatic carbocycles. The highest BCUT2D eigenvalue weighted by molar-refractivity contribution is 5.75. The molecule has 4 N–H and O–H groups in total. The van der Waals surface area contributed by atoms with E-state index in [9.17, 15) is 4.79 Å². The first-order valence-corrected chi connectivity index (χ1v) is 6.95. The normalized spacial score (nSPS) is 10.2. The molecule has 0 atom stereocenters. The van der Waals surface area contributed by atoms with E-state index in [4.69, 9.17) is 5.73 Å². The van der Waals surface area contributed by atoms with Gasteiger partial charge in [0.1, 0.15) is 5.82 Å². The van der Waals surface area contributed by atoms with Gasteiger partial charge in [-0.2, -0.15) is 0 Å². The summed E-state index contributed by atoms with van der Waals surface area (Å²) in [5.41, 5.74) is 6.43. The Hall–Kier alpha value is -1.78. The van der Waals surface area contributed by atoms with E-state index in [0.717, 1.165) is 44.6 Å². The van der Waals surface area contributed by atoms with Crippen LogP contribution in [0.25, 0.3) is 0 Å². The number of anilines is 2. The molecule has 5 nitrogen and oxygen atoms in total. The molecule has 0 aliphatic carbocycles. The maximum absolute atomic E-state index is 11.3. The molecule has 0 aliphatic heterocycles. The van der Waals surface area contributed by atoms with Gasteiger partial charge in [-0.1, -0.05) is 13.3 Å². The Morgan fingerprint density at radius 3 is 2.84 bits per heavy atom. The summed E-state index contributed by atoms with van der Waals surface area (Å²) in [5, 5.41) is 6.11. The van der Waals surface area contributed by atoms with E-state index in [1.54, 1.807) is 6.20 Å². The fourth-order valence-electron chi connectivity index (χ4n) is 1.68. The maximum Gasteiger partial charge on any atom is 0.219 e. The number of nitrogens with one attached hydrogen (secondary N) is 2. The minimum atomic E-state index is 0.156. The molecular formula is C14H24N4O. The number of pyridine rings is 1. The summed E-state index contributed by atoms with van der Waals surface area (Å²) in [4.78, 5) is 15.5. The molecule has 0 saturated heterocycles. The monoisotopic (exact) mass is 264 g/mol. The van der Waals surface area contributed by atoms with Gasteiger partial charge in [0.25, 0.3) is 0 Å². The first-order chi connectivity index (χ1) is 9.24. The van der Waals surface area contributed by atoms with Gasteiger partial charge in [0, 0.05) is 25.7 Å². The van der Waals surface area contributed by atoms with Crippen molar-refractivity contribution in [2.24, 2.45) is 0 Å². The second-order valence-electron chi connectivity index (χ2n) is 4.53. The number of nitrogen functional groups attached to an aromatic ring is 1. The summed E-state index contributed by atoms with van der Waals surface area (Å²) in [7, 11) is 0. The summed E-state index contributed by atoms with van der Waals surface area (Å²) in [5.74, 6) is 0.887. The zero-order valence-electron chi connectivity index (χ0n) is 11.6. The lowest BCUT2D eigenvalue weighted by molar-refractivity contribution is -0.121. The van der Waals surface area contributed by atoms with Crippen molar-refractivity contribution in [3.63, 3.8) is 0 Å². The third kappa shape index (κ3) is 6.64. The zero-order valence-corrected chi connectivity index (χ0v) is 11.6. The van der Waals surface area contributed by atoms with Crippen LogP contribution in [0.5, 0.6) is 0 Å².